The maximum Gasteiger partial charge on any atom is 0.405 e. The molecule has 104 valence electrons. The van der Waals surface area contributed by atoms with Gasteiger partial charge in [-0.1, -0.05) is 11.6 Å². The average Bonchev–Trinajstić information content (AvgIpc) is 2.25. The van der Waals surface area contributed by atoms with Gasteiger partial charge in [-0.15, -0.1) is 0 Å². The van der Waals surface area contributed by atoms with Crippen molar-refractivity contribution in [1.29, 1.82) is 0 Å². The van der Waals surface area contributed by atoms with Crippen molar-refractivity contribution in [2.45, 2.75) is 6.18 Å². The van der Waals surface area contributed by atoms with Gasteiger partial charge in [0, 0.05) is 5.69 Å². The van der Waals surface area contributed by atoms with Gasteiger partial charge in [-0.3, -0.25) is 0 Å². The first-order valence-corrected chi connectivity index (χ1v) is 5.21. The number of nitrogens with one attached hydrogen (secondary N) is 2. The van der Waals surface area contributed by atoms with Crippen LogP contribution in [-0.2, 0) is 0 Å². The number of hydrogen-bond acceptors (Lipinski definition) is 2. The Morgan fingerprint density at radius 2 is 1.95 bits per heavy atom. The quantitative estimate of drug-likeness (QED) is 0.802. The largest absolute Gasteiger partial charge is 0.478 e. The summed E-state index contributed by atoms with van der Waals surface area (Å²) in [6.45, 7) is -1.47. The normalized spacial score (nSPS) is 10.9. The maximum absolute atomic E-state index is 11.8. The minimum absolute atomic E-state index is 0.0784. The van der Waals surface area contributed by atoms with Crippen LogP contribution in [0, 0.1) is 0 Å². The molecule has 5 nitrogen and oxygen atoms in total. The van der Waals surface area contributed by atoms with Gasteiger partial charge in [0.15, 0.2) is 0 Å². The van der Waals surface area contributed by atoms with Crippen LogP contribution in [0.1, 0.15) is 10.4 Å². The van der Waals surface area contributed by atoms with E-state index in [0.717, 1.165) is 12.1 Å². The Bertz CT molecular complexity index is 505. The van der Waals surface area contributed by atoms with Crippen LogP contribution < -0.4 is 10.6 Å². The molecule has 0 aliphatic rings. The Balaban J connectivity index is 2.65. The zero-order valence-corrected chi connectivity index (χ0v) is 9.97. The molecular weight excluding hydrogens is 289 g/mol. The van der Waals surface area contributed by atoms with Crippen molar-refractivity contribution < 1.29 is 27.9 Å². The van der Waals surface area contributed by atoms with Crippen molar-refractivity contribution in [3.05, 3.63) is 28.8 Å². The van der Waals surface area contributed by atoms with Gasteiger partial charge in [-0.25, -0.2) is 9.59 Å². The molecule has 0 aliphatic carbocycles. The summed E-state index contributed by atoms with van der Waals surface area (Å²) < 4.78 is 35.5. The van der Waals surface area contributed by atoms with Gasteiger partial charge >= 0.3 is 18.2 Å². The van der Waals surface area contributed by atoms with Gasteiger partial charge in [-0.2, -0.15) is 13.2 Å². The molecule has 0 saturated carbocycles. The van der Waals surface area contributed by atoms with Crippen LogP contribution in [0.5, 0.6) is 0 Å². The van der Waals surface area contributed by atoms with E-state index < -0.39 is 24.7 Å². The summed E-state index contributed by atoms with van der Waals surface area (Å²) in [5, 5.41) is 12.3. The summed E-state index contributed by atoms with van der Waals surface area (Å²) in [4.78, 5) is 21.8. The minimum Gasteiger partial charge on any atom is -0.478 e. The lowest BCUT2D eigenvalue weighted by Gasteiger charge is -2.10. The fourth-order valence-electron chi connectivity index (χ4n) is 1.12. The molecule has 1 aromatic carbocycles. The summed E-state index contributed by atoms with van der Waals surface area (Å²) in [7, 11) is 0. The molecule has 1 aromatic rings. The first-order chi connectivity index (χ1) is 8.69. The zero-order valence-electron chi connectivity index (χ0n) is 9.21. The maximum atomic E-state index is 11.8. The molecule has 19 heavy (non-hydrogen) atoms. The smallest absolute Gasteiger partial charge is 0.405 e. The van der Waals surface area contributed by atoms with Crippen molar-refractivity contribution in [3.63, 3.8) is 0 Å². The van der Waals surface area contributed by atoms with Gasteiger partial charge in [0.2, 0.25) is 0 Å². The first-order valence-electron chi connectivity index (χ1n) is 4.83. The highest BCUT2D eigenvalue weighted by molar-refractivity contribution is 6.33. The van der Waals surface area contributed by atoms with E-state index in [-0.39, 0.29) is 16.3 Å². The molecule has 0 aromatic heterocycles. The van der Waals surface area contributed by atoms with E-state index in [4.69, 9.17) is 16.7 Å². The number of benzene rings is 1. The van der Waals surface area contributed by atoms with Crippen LogP contribution >= 0.6 is 11.6 Å². The number of hydrogen-bond donors (Lipinski definition) is 3. The van der Waals surface area contributed by atoms with Crippen molar-refractivity contribution in [3.8, 4) is 0 Å². The number of amides is 2. The Morgan fingerprint density at radius 1 is 1.32 bits per heavy atom. The fourth-order valence-corrected chi connectivity index (χ4v) is 1.38. The molecule has 1 rings (SSSR count). The average molecular weight is 297 g/mol. The number of carboxylic acids is 1. The van der Waals surface area contributed by atoms with E-state index in [2.05, 4.69) is 5.32 Å². The van der Waals surface area contributed by atoms with Crippen LogP contribution in [0.3, 0.4) is 0 Å². The summed E-state index contributed by atoms with van der Waals surface area (Å²) in [5.74, 6) is -1.25. The molecule has 0 aliphatic heterocycles. The topological polar surface area (TPSA) is 78.4 Å². The number of carbonyl (C=O) groups excluding carboxylic acids is 1. The van der Waals surface area contributed by atoms with Crippen molar-refractivity contribution in [1.82, 2.24) is 5.32 Å². The number of rotatable bonds is 3. The van der Waals surface area contributed by atoms with E-state index in [1.54, 1.807) is 5.32 Å². The van der Waals surface area contributed by atoms with Crippen molar-refractivity contribution in [2.24, 2.45) is 0 Å². The van der Waals surface area contributed by atoms with Gasteiger partial charge in [0.25, 0.3) is 0 Å². The molecule has 0 unspecified atom stereocenters. The number of carbonyl (C=O) groups is 2. The highest BCUT2D eigenvalue weighted by atomic mass is 35.5. The van der Waals surface area contributed by atoms with Crippen molar-refractivity contribution >= 4 is 29.3 Å². The van der Waals surface area contributed by atoms with Gasteiger partial charge in [0.05, 0.1) is 10.6 Å². The predicted molar refractivity (Wildman–Crippen MR) is 61.5 cm³/mol. The highest BCUT2D eigenvalue weighted by Crippen LogP contribution is 2.21. The van der Waals surface area contributed by atoms with E-state index in [1.807, 2.05) is 0 Å². The van der Waals surface area contributed by atoms with E-state index in [0.29, 0.717) is 0 Å². The molecular formula is C10H8ClF3N2O3. The molecule has 0 bridgehead atoms. The lowest BCUT2D eigenvalue weighted by Crippen LogP contribution is -2.36. The number of urea groups is 1. The minimum atomic E-state index is -4.51. The van der Waals surface area contributed by atoms with Gasteiger partial charge in [-0.05, 0) is 18.2 Å². The number of carboxylic acid groups (broad SMARTS) is 1. The third-order valence-corrected chi connectivity index (χ3v) is 2.22. The highest BCUT2D eigenvalue weighted by Gasteiger charge is 2.27. The zero-order chi connectivity index (χ0) is 14.6. The number of aromatic carboxylic acids is 1. The number of anilines is 1. The Kier molecular flexibility index (Phi) is 4.60. The standard InChI is InChI=1S/C10H8ClF3N2O3/c11-7-3-5(1-2-6(7)8(17)18)16-9(19)15-4-10(12,13)14/h1-3H,4H2,(H,17,18)(H2,15,16,19). The van der Waals surface area contributed by atoms with E-state index >= 15 is 0 Å². The lowest BCUT2D eigenvalue weighted by atomic mass is 10.2. The van der Waals surface area contributed by atoms with Crippen LogP contribution in [0.15, 0.2) is 18.2 Å². The molecule has 0 saturated heterocycles. The second-order valence-electron chi connectivity index (χ2n) is 3.42. The first kappa shape index (κ1) is 15.1. The van der Waals surface area contributed by atoms with Gasteiger partial charge < -0.3 is 15.7 Å². The molecule has 0 radical (unpaired) electrons. The van der Waals surface area contributed by atoms with Crippen LogP contribution in [0.2, 0.25) is 5.02 Å². The summed E-state index contributed by atoms with van der Waals surface area (Å²) in [6, 6.07) is 2.39. The SMILES string of the molecule is O=C(NCC(F)(F)F)Nc1ccc(C(=O)O)c(Cl)c1. The third kappa shape index (κ3) is 5.04. The molecule has 0 heterocycles. The number of halogens is 4. The molecule has 3 N–H and O–H groups in total. The van der Waals surface area contributed by atoms with Crippen LogP contribution in [-0.4, -0.2) is 29.8 Å². The summed E-state index contributed by atoms with van der Waals surface area (Å²) in [6.07, 6.45) is -4.51. The number of alkyl halides is 3. The Hall–Kier alpha value is -1.96. The lowest BCUT2D eigenvalue weighted by molar-refractivity contribution is -0.122. The molecule has 0 fully saturated rings. The fraction of sp³-hybridized carbons (Fsp3) is 0.200. The Morgan fingerprint density at radius 3 is 2.42 bits per heavy atom. The Labute approximate surface area is 110 Å². The van der Waals surface area contributed by atoms with E-state index in [9.17, 15) is 22.8 Å². The molecule has 0 spiro atoms. The molecule has 2 amide bonds. The molecule has 0 atom stereocenters. The second-order valence-corrected chi connectivity index (χ2v) is 3.83. The molecule has 9 heteroatoms. The van der Waals surface area contributed by atoms with Crippen LogP contribution in [0.25, 0.3) is 0 Å². The van der Waals surface area contributed by atoms with Gasteiger partial charge in [0.1, 0.15) is 6.54 Å². The monoisotopic (exact) mass is 296 g/mol. The third-order valence-electron chi connectivity index (χ3n) is 1.91. The van der Waals surface area contributed by atoms with Crippen molar-refractivity contribution in [2.75, 3.05) is 11.9 Å². The van der Waals surface area contributed by atoms with Crippen LogP contribution in [0.4, 0.5) is 23.7 Å². The summed E-state index contributed by atoms with van der Waals surface area (Å²) >= 11 is 5.62. The predicted octanol–water partition coefficient (Wildman–Crippen LogP) is 2.72. The van der Waals surface area contributed by atoms with E-state index in [1.165, 1.54) is 6.07 Å². The second kappa shape index (κ2) is 5.79. The summed E-state index contributed by atoms with van der Waals surface area (Å²) in [5.41, 5.74) is -0.0995.